The van der Waals surface area contributed by atoms with Crippen LogP contribution in [0.1, 0.15) is 23.8 Å². The minimum atomic E-state index is -0.455. The first-order valence-corrected chi connectivity index (χ1v) is 12.7. The smallest absolute Gasteiger partial charge is 0.243 e. The van der Waals surface area contributed by atoms with Gasteiger partial charge in [0, 0.05) is 69.7 Å². The number of nitrogens with one attached hydrogen (secondary N) is 1. The van der Waals surface area contributed by atoms with Gasteiger partial charge < -0.3 is 10.1 Å². The number of hydrogen-bond acceptors (Lipinski definition) is 6. The van der Waals surface area contributed by atoms with Gasteiger partial charge in [-0.3, -0.25) is 24.3 Å². The predicted octanol–water partition coefficient (Wildman–Crippen LogP) is 2.37. The van der Waals surface area contributed by atoms with Crippen molar-refractivity contribution in [2.75, 3.05) is 57.4 Å². The molecule has 0 radical (unpaired) electrons. The summed E-state index contributed by atoms with van der Waals surface area (Å²) in [6, 6.07) is 11.6. The maximum Gasteiger partial charge on any atom is 0.243 e. The van der Waals surface area contributed by atoms with Crippen LogP contribution < -0.4 is 10.2 Å². The Morgan fingerprint density at radius 2 is 1.97 bits per heavy atom. The van der Waals surface area contributed by atoms with Crippen LogP contribution in [0.3, 0.4) is 0 Å². The zero-order chi connectivity index (χ0) is 23.0. The van der Waals surface area contributed by atoms with E-state index < -0.39 is 6.04 Å². The molecule has 2 aliphatic heterocycles. The van der Waals surface area contributed by atoms with E-state index in [1.165, 1.54) is 11.8 Å². The highest BCUT2D eigenvalue weighted by atomic mass is 32.1. The lowest BCUT2D eigenvalue weighted by Gasteiger charge is -2.30. The first kappa shape index (κ1) is 23.9. The van der Waals surface area contributed by atoms with Crippen LogP contribution in [0.25, 0.3) is 0 Å². The van der Waals surface area contributed by atoms with Crippen LogP contribution in [0.2, 0.25) is 0 Å². The molecular weight excluding hydrogens is 436 g/mol. The molecule has 1 unspecified atom stereocenters. The van der Waals surface area contributed by atoms with E-state index in [0.717, 1.165) is 70.2 Å². The van der Waals surface area contributed by atoms with Crippen molar-refractivity contribution in [1.82, 2.24) is 15.1 Å². The van der Waals surface area contributed by atoms with E-state index >= 15 is 0 Å². The lowest BCUT2D eigenvalue weighted by atomic mass is 10.1. The molecule has 4 rings (SSSR count). The summed E-state index contributed by atoms with van der Waals surface area (Å²) in [7, 11) is 0. The van der Waals surface area contributed by atoms with Crippen LogP contribution in [0, 0.1) is 0 Å². The summed E-state index contributed by atoms with van der Waals surface area (Å²) < 4.78 is 5.46. The van der Waals surface area contributed by atoms with Gasteiger partial charge in [-0.2, -0.15) is 0 Å². The van der Waals surface area contributed by atoms with Crippen molar-refractivity contribution >= 4 is 28.8 Å². The molecule has 2 aliphatic rings. The van der Waals surface area contributed by atoms with E-state index in [9.17, 15) is 9.59 Å². The number of thiophene rings is 1. The number of amides is 2. The van der Waals surface area contributed by atoms with E-state index in [4.69, 9.17) is 4.74 Å². The molecule has 7 nitrogen and oxygen atoms in total. The van der Waals surface area contributed by atoms with Gasteiger partial charge in [-0.1, -0.05) is 24.3 Å². The second-order valence-electron chi connectivity index (χ2n) is 8.69. The van der Waals surface area contributed by atoms with Crippen molar-refractivity contribution in [2.45, 2.75) is 32.4 Å². The normalized spacial score (nSPS) is 18.5. The van der Waals surface area contributed by atoms with E-state index in [0.29, 0.717) is 13.0 Å². The molecule has 2 amide bonds. The molecule has 33 heavy (non-hydrogen) atoms. The molecule has 0 bridgehead atoms. The third kappa shape index (κ3) is 6.41. The standard InChI is InChI=1S/C25H34N4O3S/c1-20(30)29-23-8-3-2-6-21(23)18-24(29)25(31)26-9-5-10-28(19-22-7-4-17-33-22)12-11-27-13-15-32-16-14-27/h2-4,6-8,17,24H,5,9-16,18-19H2,1H3,(H,26,31). The minimum absolute atomic E-state index is 0.0699. The monoisotopic (exact) mass is 470 g/mol. The predicted molar refractivity (Wildman–Crippen MR) is 132 cm³/mol. The van der Waals surface area contributed by atoms with E-state index in [-0.39, 0.29) is 11.8 Å². The highest BCUT2D eigenvalue weighted by molar-refractivity contribution is 7.09. The number of para-hydroxylation sites is 1. The van der Waals surface area contributed by atoms with Crippen molar-refractivity contribution < 1.29 is 14.3 Å². The second kappa shape index (κ2) is 11.7. The number of carbonyl (C=O) groups excluding carboxylic acids is 2. The van der Waals surface area contributed by atoms with Gasteiger partial charge in [-0.25, -0.2) is 0 Å². The van der Waals surface area contributed by atoms with Crippen LogP contribution in [0.5, 0.6) is 0 Å². The molecule has 0 spiro atoms. The van der Waals surface area contributed by atoms with E-state index in [1.807, 2.05) is 24.3 Å². The largest absolute Gasteiger partial charge is 0.379 e. The third-order valence-electron chi connectivity index (χ3n) is 6.36. The molecule has 0 saturated carbocycles. The number of hydrogen-bond donors (Lipinski definition) is 1. The Hall–Kier alpha value is -2.26. The van der Waals surface area contributed by atoms with Gasteiger partial charge in [0.05, 0.1) is 13.2 Å². The van der Waals surface area contributed by atoms with E-state index in [2.05, 4.69) is 32.6 Å². The van der Waals surface area contributed by atoms with Crippen molar-refractivity contribution in [1.29, 1.82) is 0 Å². The summed E-state index contributed by atoms with van der Waals surface area (Å²) >= 11 is 1.79. The Balaban J connectivity index is 1.26. The molecule has 1 saturated heterocycles. The Morgan fingerprint density at radius 3 is 2.73 bits per heavy atom. The topological polar surface area (TPSA) is 65.1 Å². The van der Waals surface area contributed by atoms with Crippen LogP contribution in [0.15, 0.2) is 41.8 Å². The van der Waals surface area contributed by atoms with E-state index in [1.54, 1.807) is 16.2 Å². The molecule has 2 aromatic rings. The van der Waals surface area contributed by atoms with Crippen LogP contribution in [0.4, 0.5) is 5.69 Å². The number of morpholine rings is 1. The van der Waals surface area contributed by atoms with Gasteiger partial charge in [-0.15, -0.1) is 11.3 Å². The number of carbonyl (C=O) groups is 2. The van der Waals surface area contributed by atoms with Crippen LogP contribution in [-0.4, -0.2) is 80.1 Å². The van der Waals surface area contributed by atoms with Gasteiger partial charge in [0.15, 0.2) is 0 Å². The van der Waals surface area contributed by atoms with Gasteiger partial charge in [0.2, 0.25) is 11.8 Å². The molecule has 1 aromatic carbocycles. The number of ether oxygens (including phenoxy) is 1. The Morgan fingerprint density at radius 1 is 1.15 bits per heavy atom. The van der Waals surface area contributed by atoms with Gasteiger partial charge >= 0.3 is 0 Å². The number of rotatable bonds is 10. The lowest BCUT2D eigenvalue weighted by molar-refractivity contribution is -0.125. The minimum Gasteiger partial charge on any atom is -0.379 e. The molecular formula is C25H34N4O3S. The van der Waals surface area contributed by atoms with Crippen molar-refractivity contribution in [3.63, 3.8) is 0 Å². The number of fused-ring (bicyclic) bond motifs is 1. The number of benzene rings is 1. The van der Waals surface area contributed by atoms with Gasteiger partial charge in [0.1, 0.15) is 6.04 Å². The highest BCUT2D eigenvalue weighted by Gasteiger charge is 2.36. The average Bonchev–Trinajstić information content (AvgIpc) is 3.48. The second-order valence-corrected chi connectivity index (χ2v) is 9.72. The van der Waals surface area contributed by atoms with Gasteiger partial charge in [0.25, 0.3) is 0 Å². The van der Waals surface area contributed by atoms with Crippen molar-refractivity contribution in [3.05, 3.63) is 52.2 Å². The Bertz CT molecular complexity index is 914. The molecule has 8 heteroatoms. The summed E-state index contributed by atoms with van der Waals surface area (Å²) in [6.45, 7) is 9.67. The van der Waals surface area contributed by atoms with Crippen LogP contribution >= 0.6 is 11.3 Å². The summed E-state index contributed by atoms with van der Waals surface area (Å²) in [5.74, 6) is -0.162. The Kier molecular flexibility index (Phi) is 8.50. The highest BCUT2D eigenvalue weighted by Crippen LogP contribution is 2.32. The molecule has 0 aliphatic carbocycles. The lowest BCUT2D eigenvalue weighted by Crippen LogP contribution is -2.47. The maximum atomic E-state index is 12.9. The average molecular weight is 471 g/mol. The van der Waals surface area contributed by atoms with Crippen molar-refractivity contribution in [3.8, 4) is 0 Å². The molecule has 1 aromatic heterocycles. The maximum absolute atomic E-state index is 12.9. The number of anilines is 1. The summed E-state index contributed by atoms with van der Waals surface area (Å²) in [5, 5.41) is 5.20. The quantitative estimate of drug-likeness (QED) is 0.540. The molecule has 1 N–H and O–H groups in total. The summed E-state index contributed by atoms with van der Waals surface area (Å²) in [6.07, 6.45) is 1.45. The zero-order valence-corrected chi connectivity index (χ0v) is 20.2. The molecule has 3 heterocycles. The fraction of sp³-hybridized carbons (Fsp3) is 0.520. The summed E-state index contributed by atoms with van der Waals surface area (Å²) in [5.41, 5.74) is 1.91. The third-order valence-corrected chi connectivity index (χ3v) is 7.23. The SMILES string of the molecule is CC(=O)N1c2ccccc2CC1C(=O)NCCCN(CCN1CCOCC1)Cc1cccs1. The fourth-order valence-electron chi connectivity index (χ4n) is 4.62. The summed E-state index contributed by atoms with van der Waals surface area (Å²) in [4.78, 5) is 33.1. The Labute approximate surface area is 200 Å². The van der Waals surface area contributed by atoms with Gasteiger partial charge in [-0.05, 0) is 29.5 Å². The first-order chi connectivity index (χ1) is 16.1. The van der Waals surface area contributed by atoms with Crippen molar-refractivity contribution in [2.24, 2.45) is 0 Å². The molecule has 1 fully saturated rings. The fourth-order valence-corrected chi connectivity index (χ4v) is 5.36. The zero-order valence-electron chi connectivity index (χ0n) is 19.4. The molecule has 1 atom stereocenters. The number of nitrogens with zero attached hydrogens (tertiary/aromatic N) is 3. The van der Waals surface area contributed by atoms with Crippen LogP contribution in [-0.2, 0) is 27.3 Å². The molecule has 178 valence electrons. The first-order valence-electron chi connectivity index (χ1n) is 11.8.